The molecule has 0 radical (unpaired) electrons. The van der Waals surface area contributed by atoms with E-state index in [1.807, 2.05) is 31.2 Å². The third-order valence-corrected chi connectivity index (χ3v) is 3.96. The van der Waals surface area contributed by atoms with Crippen LogP contribution in [0.3, 0.4) is 0 Å². The highest BCUT2D eigenvalue weighted by molar-refractivity contribution is 6.38. The monoisotopic (exact) mass is 349 g/mol. The van der Waals surface area contributed by atoms with E-state index in [1.54, 1.807) is 30.9 Å². The zero-order valence-corrected chi connectivity index (χ0v) is 14.1. The van der Waals surface area contributed by atoms with Gasteiger partial charge in [0.05, 0.1) is 19.0 Å². The molecule has 2 aliphatic heterocycles. The first-order valence-electron chi connectivity index (χ1n) is 8.18. The fourth-order valence-corrected chi connectivity index (χ4v) is 2.75. The summed E-state index contributed by atoms with van der Waals surface area (Å²) in [4.78, 5) is 22.7. The second kappa shape index (κ2) is 6.41. The Labute approximate surface area is 149 Å². The maximum absolute atomic E-state index is 11.4. The second-order valence-corrected chi connectivity index (χ2v) is 5.65. The van der Waals surface area contributed by atoms with E-state index in [-0.39, 0.29) is 10.2 Å². The number of hydrogen-bond donors (Lipinski definition) is 2. The molecule has 0 bridgehead atoms. The molecule has 26 heavy (non-hydrogen) atoms. The minimum atomic E-state index is -0.170. The molecule has 4 rings (SSSR count). The van der Waals surface area contributed by atoms with Gasteiger partial charge in [0.2, 0.25) is 5.56 Å². The molecule has 130 valence electrons. The molecular weight excluding hydrogens is 332 g/mol. The van der Waals surface area contributed by atoms with Crippen molar-refractivity contribution in [2.24, 2.45) is 15.1 Å². The number of nitrogens with one attached hydrogen (secondary N) is 2. The SMILES string of the molecule is CCOc1ccc(NC2=N[N+]3(c4ccc(=O)[nH]c4)C=CN=CC3=N2)cc1. The number of rotatable bonds is 4. The van der Waals surface area contributed by atoms with Crippen LogP contribution >= 0.6 is 0 Å². The molecule has 0 fully saturated rings. The summed E-state index contributed by atoms with van der Waals surface area (Å²) in [6.07, 6.45) is 6.75. The number of pyridine rings is 1. The first kappa shape index (κ1) is 16.0. The van der Waals surface area contributed by atoms with Crippen LogP contribution in [0, 0.1) is 0 Å². The maximum atomic E-state index is 11.4. The van der Waals surface area contributed by atoms with Gasteiger partial charge in [-0.25, -0.2) is 0 Å². The molecule has 2 N–H and O–H groups in total. The average Bonchev–Trinajstić information content (AvgIpc) is 3.03. The van der Waals surface area contributed by atoms with Crippen molar-refractivity contribution in [1.82, 2.24) is 9.58 Å². The number of amidine groups is 1. The highest BCUT2D eigenvalue weighted by atomic mass is 16.5. The Hall–Kier alpha value is -3.52. The molecule has 0 aliphatic carbocycles. The summed E-state index contributed by atoms with van der Waals surface area (Å²) < 4.78 is 5.46. The molecule has 8 heteroatoms. The number of anilines is 1. The number of hydrogen-bond acceptors (Lipinski definition) is 6. The Morgan fingerprint density at radius 2 is 2.04 bits per heavy atom. The van der Waals surface area contributed by atoms with Crippen molar-refractivity contribution in [2.45, 2.75) is 6.92 Å². The number of aromatic amines is 1. The molecule has 0 spiro atoms. The summed E-state index contributed by atoms with van der Waals surface area (Å²) in [5, 5.41) is 7.90. The van der Waals surface area contributed by atoms with E-state index in [1.165, 1.54) is 6.07 Å². The molecular formula is C18H17N6O2+. The van der Waals surface area contributed by atoms with Gasteiger partial charge in [-0.05, 0) is 36.3 Å². The zero-order chi connectivity index (χ0) is 18.0. The van der Waals surface area contributed by atoms with E-state index < -0.39 is 0 Å². The van der Waals surface area contributed by atoms with Crippen LogP contribution in [0.1, 0.15) is 6.92 Å². The topological polar surface area (TPSA) is 91.2 Å². The van der Waals surface area contributed by atoms with Crippen LogP contribution < -0.4 is 20.2 Å². The summed E-state index contributed by atoms with van der Waals surface area (Å²) in [6.45, 7) is 2.57. The molecule has 0 saturated carbocycles. The van der Waals surface area contributed by atoms with Crippen molar-refractivity contribution in [3.05, 3.63) is 65.3 Å². The van der Waals surface area contributed by atoms with Crippen LogP contribution in [0.15, 0.2) is 74.9 Å². The van der Waals surface area contributed by atoms with Crippen molar-refractivity contribution in [3.63, 3.8) is 0 Å². The predicted octanol–water partition coefficient (Wildman–Crippen LogP) is 2.43. The molecule has 2 aromatic rings. The van der Waals surface area contributed by atoms with Gasteiger partial charge in [-0.2, -0.15) is 4.99 Å². The first-order chi connectivity index (χ1) is 12.7. The van der Waals surface area contributed by atoms with Crippen LogP contribution in [-0.2, 0) is 0 Å². The van der Waals surface area contributed by atoms with Crippen molar-refractivity contribution in [1.29, 1.82) is 0 Å². The van der Waals surface area contributed by atoms with Gasteiger partial charge in [0.25, 0.3) is 11.8 Å². The smallest absolute Gasteiger partial charge is 0.287 e. The van der Waals surface area contributed by atoms with Crippen LogP contribution in [-0.4, -0.2) is 29.6 Å². The van der Waals surface area contributed by atoms with Crippen LogP contribution in [0.2, 0.25) is 0 Å². The minimum absolute atomic E-state index is 0.0135. The Morgan fingerprint density at radius 1 is 1.19 bits per heavy atom. The lowest BCUT2D eigenvalue weighted by Crippen LogP contribution is -2.44. The van der Waals surface area contributed by atoms with Gasteiger partial charge in [0.15, 0.2) is 11.9 Å². The van der Waals surface area contributed by atoms with Crippen LogP contribution in [0.25, 0.3) is 0 Å². The normalized spacial score (nSPS) is 20.3. The molecule has 1 aromatic carbocycles. The minimum Gasteiger partial charge on any atom is -0.494 e. The van der Waals surface area contributed by atoms with Crippen molar-refractivity contribution < 1.29 is 4.74 Å². The summed E-state index contributed by atoms with van der Waals surface area (Å²) in [5.41, 5.74) is 1.43. The number of fused-ring (bicyclic) bond motifs is 1. The Kier molecular flexibility index (Phi) is 3.94. The van der Waals surface area contributed by atoms with Crippen molar-refractivity contribution in [2.75, 3.05) is 11.9 Å². The lowest BCUT2D eigenvalue weighted by Gasteiger charge is -2.23. The fourth-order valence-electron chi connectivity index (χ4n) is 2.75. The largest absolute Gasteiger partial charge is 0.494 e. The van der Waals surface area contributed by atoms with Gasteiger partial charge in [-0.15, -0.1) is 0 Å². The lowest BCUT2D eigenvalue weighted by molar-refractivity contribution is 0.340. The number of H-pyrrole nitrogens is 1. The number of benzene rings is 1. The van der Waals surface area contributed by atoms with Crippen LogP contribution in [0.4, 0.5) is 11.4 Å². The average molecular weight is 349 g/mol. The van der Waals surface area contributed by atoms with Gasteiger partial charge in [0, 0.05) is 17.8 Å². The van der Waals surface area contributed by atoms with Gasteiger partial charge >= 0.3 is 0 Å². The summed E-state index contributed by atoms with van der Waals surface area (Å²) in [7, 11) is 0. The number of guanidine groups is 1. The molecule has 3 heterocycles. The predicted molar refractivity (Wildman–Crippen MR) is 103 cm³/mol. The molecule has 0 saturated heterocycles. The molecule has 8 nitrogen and oxygen atoms in total. The Bertz CT molecular complexity index is 983. The lowest BCUT2D eigenvalue weighted by atomic mass is 10.3. The van der Waals surface area contributed by atoms with E-state index in [9.17, 15) is 4.79 Å². The van der Waals surface area contributed by atoms with Gasteiger partial charge < -0.3 is 15.0 Å². The Morgan fingerprint density at radius 3 is 2.77 bits per heavy atom. The Balaban J connectivity index is 1.65. The number of aromatic nitrogens is 1. The summed E-state index contributed by atoms with van der Waals surface area (Å²) in [5.74, 6) is 1.89. The van der Waals surface area contributed by atoms with E-state index in [0.717, 1.165) is 17.1 Å². The van der Waals surface area contributed by atoms with Gasteiger partial charge in [-0.3, -0.25) is 9.79 Å². The molecule has 1 unspecified atom stereocenters. The van der Waals surface area contributed by atoms with Crippen molar-refractivity contribution in [3.8, 4) is 5.75 Å². The highest BCUT2D eigenvalue weighted by Gasteiger charge is 2.42. The number of quaternary nitrogens is 1. The fraction of sp³-hybridized carbons (Fsp3) is 0.111. The van der Waals surface area contributed by atoms with Gasteiger partial charge in [-0.1, -0.05) is 4.59 Å². The number of ether oxygens (including phenoxy) is 1. The second-order valence-electron chi connectivity index (χ2n) is 5.65. The number of nitrogens with zero attached hydrogens (tertiary/aromatic N) is 4. The molecule has 2 aliphatic rings. The van der Waals surface area contributed by atoms with E-state index in [0.29, 0.717) is 18.4 Å². The van der Waals surface area contributed by atoms with Crippen molar-refractivity contribution >= 4 is 29.4 Å². The zero-order valence-electron chi connectivity index (χ0n) is 14.1. The van der Waals surface area contributed by atoms with E-state index in [2.05, 4.69) is 20.3 Å². The third kappa shape index (κ3) is 2.82. The highest BCUT2D eigenvalue weighted by Crippen LogP contribution is 2.29. The quantitative estimate of drug-likeness (QED) is 0.831. The van der Waals surface area contributed by atoms with Crippen LogP contribution in [0.5, 0.6) is 5.75 Å². The first-order valence-corrected chi connectivity index (χ1v) is 8.18. The van der Waals surface area contributed by atoms with Gasteiger partial charge in [0.1, 0.15) is 12.0 Å². The summed E-state index contributed by atoms with van der Waals surface area (Å²) >= 11 is 0. The molecule has 1 aromatic heterocycles. The standard InChI is InChI=1S/C18H16N6O2/c1-2-26-15-6-3-13(4-7-15)21-18-22-16-12-19-9-10-24(16,23-18)14-5-8-17(25)20-11-14/h3-12H,2H2,1H3,(H-,20,21,23,25)/p+1. The van der Waals surface area contributed by atoms with E-state index >= 15 is 0 Å². The maximum Gasteiger partial charge on any atom is 0.287 e. The van der Waals surface area contributed by atoms with E-state index in [4.69, 9.17) is 9.84 Å². The number of aliphatic imine (C=N–C) groups is 2. The summed E-state index contributed by atoms with van der Waals surface area (Å²) in [6, 6.07) is 10.8. The molecule has 0 amide bonds. The molecule has 1 atom stereocenters. The third-order valence-electron chi connectivity index (χ3n) is 3.96.